The zero-order chi connectivity index (χ0) is 18.7. The minimum atomic E-state index is -4.49. The molecular weight excluding hydrogens is 352 g/mol. The summed E-state index contributed by atoms with van der Waals surface area (Å²) in [7, 11) is 0. The molecule has 0 spiro atoms. The molecular formula is C17H16F4N4O. The summed E-state index contributed by atoms with van der Waals surface area (Å²) in [5.74, 6) is -0.991. The van der Waals surface area contributed by atoms with Crippen molar-refractivity contribution in [1.82, 2.24) is 20.6 Å². The largest absolute Gasteiger partial charge is 0.417 e. The van der Waals surface area contributed by atoms with Crippen LogP contribution in [0.5, 0.6) is 0 Å². The normalized spacial score (nSPS) is 17.3. The molecule has 0 bridgehead atoms. The van der Waals surface area contributed by atoms with Gasteiger partial charge >= 0.3 is 6.18 Å². The number of carbonyl (C=O) groups is 1. The van der Waals surface area contributed by atoms with Crippen LogP contribution in [0.3, 0.4) is 0 Å². The van der Waals surface area contributed by atoms with E-state index in [0.717, 1.165) is 31.5 Å². The molecule has 2 aromatic rings. The smallest absolute Gasteiger partial charge is 0.349 e. The first-order valence-electron chi connectivity index (χ1n) is 8.04. The van der Waals surface area contributed by atoms with Gasteiger partial charge in [0.1, 0.15) is 0 Å². The molecule has 1 amide bonds. The first-order valence-corrected chi connectivity index (χ1v) is 8.04. The Bertz CT molecular complexity index is 786. The molecule has 1 aliphatic heterocycles. The molecule has 138 valence electrons. The molecule has 0 radical (unpaired) electrons. The van der Waals surface area contributed by atoms with Gasteiger partial charge in [0.25, 0.3) is 0 Å². The van der Waals surface area contributed by atoms with Crippen molar-refractivity contribution in [2.45, 2.75) is 31.6 Å². The van der Waals surface area contributed by atoms with Gasteiger partial charge in [-0.2, -0.15) is 17.6 Å². The fraction of sp³-hybridized carbons (Fsp3) is 0.353. The van der Waals surface area contributed by atoms with Gasteiger partial charge in [0.2, 0.25) is 11.9 Å². The summed E-state index contributed by atoms with van der Waals surface area (Å²) in [5, 5.41) is 5.73. The number of aromatic nitrogens is 2. The number of hydrogen-bond donors (Lipinski definition) is 2. The van der Waals surface area contributed by atoms with Crippen molar-refractivity contribution < 1.29 is 22.4 Å². The highest BCUT2D eigenvalue weighted by atomic mass is 19.4. The molecule has 1 atom stereocenters. The van der Waals surface area contributed by atoms with Crippen molar-refractivity contribution in [2.24, 2.45) is 0 Å². The van der Waals surface area contributed by atoms with Crippen LogP contribution in [0.1, 0.15) is 24.1 Å². The van der Waals surface area contributed by atoms with Gasteiger partial charge in [0, 0.05) is 17.8 Å². The molecule has 0 aromatic carbocycles. The number of halogens is 4. The highest BCUT2D eigenvalue weighted by molar-refractivity contribution is 5.81. The number of rotatable bonds is 4. The Balaban J connectivity index is 1.74. The standard InChI is InChI=1S/C17H16F4N4O/c18-15-7-10(13-4-3-11(8-23-13)17(19,20)21)6-12(25-15)9-24-16(26)14-2-1-5-22-14/h3-4,6-8,14,22H,1-2,5,9H2,(H,24,26). The van der Waals surface area contributed by atoms with E-state index in [9.17, 15) is 22.4 Å². The summed E-state index contributed by atoms with van der Waals surface area (Å²) in [6.07, 6.45) is -2.14. The van der Waals surface area contributed by atoms with Gasteiger partial charge in [0.05, 0.1) is 29.5 Å². The molecule has 1 saturated heterocycles. The Kier molecular flexibility index (Phi) is 5.17. The fourth-order valence-electron chi connectivity index (χ4n) is 2.73. The number of hydrogen-bond acceptors (Lipinski definition) is 4. The van der Waals surface area contributed by atoms with Crippen molar-refractivity contribution in [3.05, 3.63) is 47.7 Å². The van der Waals surface area contributed by atoms with E-state index in [4.69, 9.17) is 0 Å². The minimum absolute atomic E-state index is 0.0163. The average molecular weight is 368 g/mol. The van der Waals surface area contributed by atoms with Crippen LogP contribution in [0.25, 0.3) is 11.3 Å². The summed E-state index contributed by atoms with van der Waals surface area (Å²) in [5.41, 5.74) is -0.154. The van der Waals surface area contributed by atoms with Crippen LogP contribution in [0.15, 0.2) is 30.5 Å². The highest BCUT2D eigenvalue weighted by Gasteiger charge is 2.30. The third kappa shape index (κ3) is 4.34. The van der Waals surface area contributed by atoms with E-state index >= 15 is 0 Å². The van der Waals surface area contributed by atoms with Gasteiger partial charge in [-0.15, -0.1) is 0 Å². The molecule has 1 fully saturated rings. The molecule has 1 aliphatic rings. The lowest BCUT2D eigenvalue weighted by molar-refractivity contribution is -0.137. The average Bonchev–Trinajstić information content (AvgIpc) is 3.13. The van der Waals surface area contributed by atoms with E-state index in [1.165, 1.54) is 12.1 Å². The van der Waals surface area contributed by atoms with Crippen molar-refractivity contribution in [3.63, 3.8) is 0 Å². The molecule has 0 aliphatic carbocycles. The van der Waals surface area contributed by atoms with E-state index in [1.807, 2.05) is 0 Å². The lowest BCUT2D eigenvalue weighted by atomic mass is 10.1. The number of alkyl halides is 3. The predicted octanol–water partition coefficient (Wildman–Crippen LogP) is 2.67. The fourth-order valence-corrected chi connectivity index (χ4v) is 2.73. The van der Waals surface area contributed by atoms with E-state index < -0.39 is 17.7 Å². The maximum absolute atomic E-state index is 13.8. The molecule has 9 heteroatoms. The van der Waals surface area contributed by atoms with Gasteiger partial charge in [-0.1, -0.05) is 0 Å². The van der Waals surface area contributed by atoms with Crippen molar-refractivity contribution in [2.75, 3.05) is 6.54 Å². The van der Waals surface area contributed by atoms with Crippen LogP contribution in [-0.4, -0.2) is 28.5 Å². The second kappa shape index (κ2) is 7.36. The molecule has 1 unspecified atom stereocenters. The second-order valence-electron chi connectivity index (χ2n) is 5.97. The number of amides is 1. The SMILES string of the molecule is O=C(NCc1cc(-c2ccc(C(F)(F)F)cn2)cc(F)n1)C1CCCN1. The lowest BCUT2D eigenvalue weighted by Gasteiger charge is -2.11. The van der Waals surface area contributed by atoms with Crippen LogP contribution >= 0.6 is 0 Å². The molecule has 3 rings (SSSR count). The number of nitrogens with zero attached hydrogens (tertiary/aromatic N) is 2. The first-order chi connectivity index (χ1) is 12.3. The van der Waals surface area contributed by atoms with Gasteiger partial charge < -0.3 is 10.6 Å². The van der Waals surface area contributed by atoms with Gasteiger partial charge in [-0.05, 0) is 37.6 Å². The van der Waals surface area contributed by atoms with Crippen molar-refractivity contribution >= 4 is 5.91 Å². The third-order valence-corrected chi connectivity index (χ3v) is 4.05. The van der Waals surface area contributed by atoms with E-state index in [2.05, 4.69) is 20.6 Å². The van der Waals surface area contributed by atoms with Crippen molar-refractivity contribution in [1.29, 1.82) is 0 Å². The van der Waals surface area contributed by atoms with Gasteiger partial charge in [0.15, 0.2) is 0 Å². The van der Waals surface area contributed by atoms with Crippen LogP contribution in [0.2, 0.25) is 0 Å². The van der Waals surface area contributed by atoms with Crippen LogP contribution in [0.4, 0.5) is 17.6 Å². The Morgan fingerprint density at radius 2 is 2.12 bits per heavy atom. The monoisotopic (exact) mass is 368 g/mol. The maximum atomic E-state index is 13.8. The molecule has 5 nitrogen and oxygen atoms in total. The molecule has 3 heterocycles. The highest BCUT2D eigenvalue weighted by Crippen LogP contribution is 2.29. The topological polar surface area (TPSA) is 66.9 Å². The maximum Gasteiger partial charge on any atom is 0.417 e. The summed E-state index contributed by atoms with van der Waals surface area (Å²) < 4.78 is 51.6. The Labute approximate surface area is 146 Å². The second-order valence-corrected chi connectivity index (χ2v) is 5.97. The molecule has 2 N–H and O–H groups in total. The minimum Gasteiger partial charge on any atom is -0.349 e. The predicted molar refractivity (Wildman–Crippen MR) is 85.3 cm³/mol. The summed E-state index contributed by atoms with van der Waals surface area (Å²) in [6.45, 7) is 0.794. The van der Waals surface area contributed by atoms with Gasteiger partial charge in [-0.25, -0.2) is 4.98 Å². The van der Waals surface area contributed by atoms with Crippen molar-refractivity contribution in [3.8, 4) is 11.3 Å². The Morgan fingerprint density at radius 3 is 2.73 bits per heavy atom. The zero-order valence-electron chi connectivity index (χ0n) is 13.6. The third-order valence-electron chi connectivity index (χ3n) is 4.05. The van der Waals surface area contributed by atoms with Crippen LogP contribution < -0.4 is 10.6 Å². The number of pyridine rings is 2. The zero-order valence-corrected chi connectivity index (χ0v) is 13.6. The summed E-state index contributed by atoms with van der Waals surface area (Å²) >= 11 is 0. The summed E-state index contributed by atoms with van der Waals surface area (Å²) in [6, 6.07) is 4.36. The number of nitrogens with one attached hydrogen (secondary N) is 2. The van der Waals surface area contributed by atoms with Gasteiger partial charge in [-0.3, -0.25) is 9.78 Å². The molecule has 0 saturated carbocycles. The van der Waals surface area contributed by atoms with Crippen LogP contribution in [-0.2, 0) is 17.5 Å². The number of carbonyl (C=O) groups excluding carboxylic acids is 1. The Hall–Kier alpha value is -2.55. The first kappa shape index (κ1) is 18.2. The quantitative estimate of drug-likeness (QED) is 0.643. The Morgan fingerprint density at radius 1 is 1.31 bits per heavy atom. The summed E-state index contributed by atoms with van der Waals surface area (Å²) in [4.78, 5) is 19.4. The van der Waals surface area contributed by atoms with E-state index in [1.54, 1.807) is 0 Å². The molecule has 26 heavy (non-hydrogen) atoms. The van der Waals surface area contributed by atoms with Crippen LogP contribution in [0, 0.1) is 5.95 Å². The van der Waals surface area contributed by atoms with E-state index in [0.29, 0.717) is 6.20 Å². The lowest BCUT2D eigenvalue weighted by Crippen LogP contribution is -2.40. The van der Waals surface area contributed by atoms with E-state index in [-0.39, 0.29) is 35.4 Å². The molecule has 2 aromatic heterocycles.